The molecule has 4 rings (SSSR count). The fraction of sp³-hybridized carbons (Fsp3) is 0.174. The lowest BCUT2D eigenvalue weighted by atomic mass is 10.0. The van der Waals surface area contributed by atoms with Crippen LogP contribution >= 0.6 is 0 Å². The van der Waals surface area contributed by atoms with Crippen LogP contribution in [0.4, 0.5) is 0 Å². The number of nitrogens with one attached hydrogen (secondary N) is 1. The van der Waals surface area contributed by atoms with Gasteiger partial charge in [0.1, 0.15) is 6.04 Å². The number of carbonyl (C=O) groups excluding carboxylic acids is 2. The number of pyridine rings is 1. The van der Waals surface area contributed by atoms with Gasteiger partial charge >= 0.3 is 0 Å². The summed E-state index contributed by atoms with van der Waals surface area (Å²) in [7, 11) is 0. The Balaban J connectivity index is 1.55. The van der Waals surface area contributed by atoms with Crippen LogP contribution in [0.15, 0.2) is 79.0 Å². The molecule has 5 nitrogen and oxygen atoms in total. The number of rotatable bonds is 6. The molecule has 1 atom stereocenters. The third kappa shape index (κ3) is 3.78. The van der Waals surface area contributed by atoms with Gasteiger partial charge in [0.05, 0.1) is 12.2 Å². The van der Waals surface area contributed by atoms with Gasteiger partial charge in [0, 0.05) is 24.7 Å². The van der Waals surface area contributed by atoms with Crippen molar-refractivity contribution in [3.8, 4) is 0 Å². The SMILES string of the molecule is O=C(NCc1ccccn1)C(Cc1ccccc1)N1Cc2ccccc2C1=O. The third-order valence-electron chi connectivity index (χ3n) is 4.97. The van der Waals surface area contributed by atoms with Crippen molar-refractivity contribution < 1.29 is 9.59 Å². The smallest absolute Gasteiger partial charge is 0.255 e. The Labute approximate surface area is 164 Å². The Morgan fingerprint density at radius 1 is 1.00 bits per heavy atom. The van der Waals surface area contributed by atoms with Crippen LogP contribution < -0.4 is 5.32 Å². The number of hydrogen-bond donors (Lipinski definition) is 1. The lowest BCUT2D eigenvalue weighted by Crippen LogP contribution is -2.48. The summed E-state index contributed by atoms with van der Waals surface area (Å²) in [6.07, 6.45) is 2.16. The molecule has 0 spiro atoms. The highest BCUT2D eigenvalue weighted by atomic mass is 16.2. The molecule has 0 saturated heterocycles. The van der Waals surface area contributed by atoms with Crippen LogP contribution in [0.5, 0.6) is 0 Å². The summed E-state index contributed by atoms with van der Waals surface area (Å²) in [6.45, 7) is 0.781. The van der Waals surface area contributed by atoms with Crippen molar-refractivity contribution in [3.05, 3.63) is 101 Å². The zero-order chi connectivity index (χ0) is 19.3. The predicted molar refractivity (Wildman–Crippen MR) is 106 cm³/mol. The van der Waals surface area contributed by atoms with Crippen LogP contribution in [0, 0.1) is 0 Å². The van der Waals surface area contributed by atoms with E-state index >= 15 is 0 Å². The molecule has 2 amide bonds. The summed E-state index contributed by atoms with van der Waals surface area (Å²) < 4.78 is 0. The molecule has 3 aromatic rings. The number of carbonyl (C=O) groups is 2. The first-order chi connectivity index (χ1) is 13.7. The number of amides is 2. The number of nitrogens with zero attached hydrogens (tertiary/aromatic N) is 2. The molecule has 5 heteroatoms. The van der Waals surface area contributed by atoms with Gasteiger partial charge < -0.3 is 10.2 Å². The summed E-state index contributed by atoms with van der Waals surface area (Å²) in [4.78, 5) is 31.9. The molecule has 0 fully saturated rings. The van der Waals surface area contributed by atoms with Crippen LogP contribution in [0.2, 0.25) is 0 Å². The molecule has 1 aliphatic heterocycles. The summed E-state index contributed by atoms with van der Waals surface area (Å²) >= 11 is 0. The second kappa shape index (κ2) is 8.05. The highest BCUT2D eigenvalue weighted by Crippen LogP contribution is 2.26. The highest BCUT2D eigenvalue weighted by Gasteiger charge is 2.36. The Kier molecular flexibility index (Phi) is 5.15. The van der Waals surface area contributed by atoms with Crippen molar-refractivity contribution in [2.45, 2.75) is 25.6 Å². The van der Waals surface area contributed by atoms with Crippen molar-refractivity contribution in [1.29, 1.82) is 0 Å². The first-order valence-corrected chi connectivity index (χ1v) is 9.33. The first kappa shape index (κ1) is 17.9. The Bertz CT molecular complexity index is 973. The van der Waals surface area contributed by atoms with Gasteiger partial charge in [-0.25, -0.2) is 0 Å². The van der Waals surface area contributed by atoms with E-state index in [1.807, 2.05) is 72.8 Å². The lowest BCUT2D eigenvalue weighted by molar-refractivity contribution is -0.125. The molecule has 0 saturated carbocycles. The minimum atomic E-state index is -0.578. The van der Waals surface area contributed by atoms with E-state index in [9.17, 15) is 9.59 Å². The molecule has 28 heavy (non-hydrogen) atoms. The number of benzene rings is 2. The molecule has 1 N–H and O–H groups in total. The van der Waals surface area contributed by atoms with Crippen molar-refractivity contribution >= 4 is 11.8 Å². The molecule has 1 unspecified atom stereocenters. The quantitative estimate of drug-likeness (QED) is 0.725. The zero-order valence-electron chi connectivity index (χ0n) is 15.4. The normalized spacial score (nSPS) is 13.9. The first-order valence-electron chi connectivity index (χ1n) is 9.33. The van der Waals surface area contributed by atoms with E-state index in [1.165, 1.54) is 0 Å². The van der Waals surface area contributed by atoms with Gasteiger partial charge in [0.25, 0.3) is 5.91 Å². The molecular weight excluding hydrogens is 350 g/mol. The second-order valence-electron chi connectivity index (χ2n) is 6.83. The van der Waals surface area contributed by atoms with Crippen molar-refractivity contribution in [2.24, 2.45) is 0 Å². The number of hydrogen-bond acceptors (Lipinski definition) is 3. The number of aromatic nitrogens is 1. The fourth-order valence-corrected chi connectivity index (χ4v) is 3.51. The molecular formula is C23H21N3O2. The second-order valence-corrected chi connectivity index (χ2v) is 6.83. The zero-order valence-corrected chi connectivity index (χ0v) is 15.4. The molecule has 0 radical (unpaired) electrons. The minimum Gasteiger partial charge on any atom is -0.349 e. The van der Waals surface area contributed by atoms with Gasteiger partial charge in [-0.15, -0.1) is 0 Å². The van der Waals surface area contributed by atoms with Crippen molar-refractivity contribution in [1.82, 2.24) is 15.2 Å². The van der Waals surface area contributed by atoms with E-state index < -0.39 is 6.04 Å². The Morgan fingerprint density at radius 2 is 1.75 bits per heavy atom. The van der Waals surface area contributed by atoms with Crippen LogP contribution in [-0.2, 0) is 24.3 Å². The van der Waals surface area contributed by atoms with Gasteiger partial charge in [0.15, 0.2) is 0 Å². The number of fused-ring (bicyclic) bond motifs is 1. The van der Waals surface area contributed by atoms with Crippen molar-refractivity contribution in [3.63, 3.8) is 0 Å². The van der Waals surface area contributed by atoms with Crippen LogP contribution in [0.1, 0.15) is 27.2 Å². The van der Waals surface area contributed by atoms with E-state index in [4.69, 9.17) is 0 Å². The topological polar surface area (TPSA) is 62.3 Å². The van der Waals surface area contributed by atoms with E-state index in [-0.39, 0.29) is 11.8 Å². The van der Waals surface area contributed by atoms with Gasteiger partial charge in [-0.3, -0.25) is 14.6 Å². The largest absolute Gasteiger partial charge is 0.349 e. The van der Waals surface area contributed by atoms with Crippen LogP contribution in [-0.4, -0.2) is 27.7 Å². The summed E-state index contributed by atoms with van der Waals surface area (Å²) in [5.74, 6) is -0.264. The molecule has 0 bridgehead atoms. The van der Waals surface area contributed by atoms with Crippen LogP contribution in [0.3, 0.4) is 0 Å². The van der Waals surface area contributed by atoms with E-state index in [0.717, 1.165) is 16.8 Å². The van der Waals surface area contributed by atoms with Gasteiger partial charge in [0.2, 0.25) is 5.91 Å². The molecule has 1 aliphatic rings. The highest BCUT2D eigenvalue weighted by molar-refractivity contribution is 6.01. The summed E-state index contributed by atoms with van der Waals surface area (Å²) in [6, 6.07) is 22.3. The van der Waals surface area contributed by atoms with Gasteiger partial charge in [-0.1, -0.05) is 54.6 Å². The van der Waals surface area contributed by atoms with E-state index in [0.29, 0.717) is 25.1 Å². The molecule has 140 valence electrons. The van der Waals surface area contributed by atoms with E-state index in [2.05, 4.69) is 10.3 Å². The lowest BCUT2D eigenvalue weighted by Gasteiger charge is -2.27. The monoisotopic (exact) mass is 371 g/mol. The molecule has 0 aliphatic carbocycles. The average molecular weight is 371 g/mol. The molecule has 1 aromatic heterocycles. The maximum atomic E-state index is 13.1. The fourth-order valence-electron chi connectivity index (χ4n) is 3.51. The van der Waals surface area contributed by atoms with Crippen molar-refractivity contribution in [2.75, 3.05) is 0 Å². The summed E-state index contributed by atoms with van der Waals surface area (Å²) in [5, 5.41) is 2.95. The van der Waals surface area contributed by atoms with Gasteiger partial charge in [-0.2, -0.15) is 0 Å². The Hall–Kier alpha value is -3.47. The Morgan fingerprint density at radius 3 is 2.50 bits per heavy atom. The molecule has 2 heterocycles. The predicted octanol–water partition coefficient (Wildman–Crippen LogP) is 2.97. The maximum Gasteiger partial charge on any atom is 0.255 e. The maximum absolute atomic E-state index is 13.1. The summed E-state index contributed by atoms with van der Waals surface area (Å²) in [5.41, 5.74) is 3.44. The van der Waals surface area contributed by atoms with E-state index in [1.54, 1.807) is 11.1 Å². The van der Waals surface area contributed by atoms with Crippen LogP contribution in [0.25, 0.3) is 0 Å². The molecule has 2 aromatic carbocycles. The third-order valence-corrected chi connectivity index (χ3v) is 4.97. The standard InChI is InChI=1S/C23H21N3O2/c27-22(25-15-19-11-6-7-13-24-19)21(14-17-8-2-1-3-9-17)26-16-18-10-4-5-12-20(18)23(26)28/h1-13,21H,14-16H2,(H,25,27). The minimum absolute atomic E-state index is 0.0930. The van der Waals surface area contributed by atoms with Gasteiger partial charge in [-0.05, 0) is 29.3 Å². The average Bonchev–Trinajstić information content (AvgIpc) is 3.08.